The van der Waals surface area contributed by atoms with Gasteiger partial charge in [0.2, 0.25) is 5.88 Å². The lowest BCUT2D eigenvalue weighted by Crippen LogP contribution is -2.47. The molecule has 0 saturated carbocycles. The van der Waals surface area contributed by atoms with Crippen LogP contribution >= 0.6 is 0 Å². The molecule has 0 aliphatic heterocycles. The van der Waals surface area contributed by atoms with Crippen molar-refractivity contribution in [2.75, 3.05) is 20.7 Å². The van der Waals surface area contributed by atoms with Crippen LogP contribution in [0.3, 0.4) is 0 Å². The second-order valence-corrected chi connectivity index (χ2v) is 9.51. The van der Waals surface area contributed by atoms with Crippen molar-refractivity contribution in [3.8, 4) is 11.6 Å². The van der Waals surface area contributed by atoms with E-state index < -0.39 is 11.7 Å². The summed E-state index contributed by atoms with van der Waals surface area (Å²) in [5.41, 5.74) is 0.246. The van der Waals surface area contributed by atoms with Crippen LogP contribution in [0, 0.1) is 5.92 Å². The van der Waals surface area contributed by atoms with E-state index in [1.165, 1.54) is 0 Å². The Labute approximate surface area is 198 Å². The first-order valence-electron chi connectivity index (χ1n) is 11.4. The van der Waals surface area contributed by atoms with Gasteiger partial charge < -0.3 is 24.4 Å². The fraction of sp³-hybridized carbons (Fsp3) is 0.538. The highest BCUT2D eigenvalue weighted by molar-refractivity contribution is 5.87. The minimum Gasteiger partial charge on any atom is -0.497 e. The van der Waals surface area contributed by atoms with Crippen LogP contribution < -0.4 is 14.8 Å². The van der Waals surface area contributed by atoms with Gasteiger partial charge >= 0.3 is 6.09 Å². The standard InChI is InChI=1S/C26H39N3O4/c1-10-17(2)23(28-25(30)33-26(5,6)7)19(4)29(8)16-18(3)32-24-22-12-11-21(31-9)15-20(22)13-14-27-24/h11-15,17-18,23H,4,10,16H2,1-3,5-9H3,(H,28,30). The molecule has 7 heteroatoms. The highest BCUT2D eigenvalue weighted by Crippen LogP contribution is 2.27. The number of aromatic nitrogens is 1. The highest BCUT2D eigenvalue weighted by atomic mass is 16.6. The number of methoxy groups -OCH3 is 1. The Hall–Kier alpha value is -2.96. The number of pyridine rings is 1. The summed E-state index contributed by atoms with van der Waals surface area (Å²) in [5.74, 6) is 1.56. The second kappa shape index (κ2) is 11.3. The van der Waals surface area contributed by atoms with Crippen LogP contribution in [0.25, 0.3) is 10.8 Å². The van der Waals surface area contributed by atoms with E-state index in [1.807, 2.05) is 63.9 Å². The van der Waals surface area contributed by atoms with Crippen LogP contribution in [0.5, 0.6) is 11.6 Å². The predicted molar refractivity (Wildman–Crippen MR) is 133 cm³/mol. The molecule has 0 bridgehead atoms. The van der Waals surface area contributed by atoms with Crippen LogP contribution in [-0.2, 0) is 4.74 Å². The van der Waals surface area contributed by atoms with E-state index in [1.54, 1.807) is 13.3 Å². The van der Waals surface area contributed by atoms with Gasteiger partial charge in [-0.3, -0.25) is 0 Å². The van der Waals surface area contributed by atoms with Gasteiger partial charge in [0.15, 0.2) is 0 Å². The summed E-state index contributed by atoms with van der Waals surface area (Å²) in [6.45, 7) is 16.6. The van der Waals surface area contributed by atoms with Gasteiger partial charge in [0.05, 0.1) is 19.7 Å². The predicted octanol–water partition coefficient (Wildman–Crippen LogP) is 5.40. The van der Waals surface area contributed by atoms with Gasteiger partial charge in [-0.25, -0.2) is 9.78 Å². The monoisotopic (exact) mass is 457 g/mol. The largest absolute Gasteiger partial charge is 0.497 e. The quantitative estimate of drug-likeness (QED) is 0.515. The maximum Gasteiger partial charge on any atom is 0.408 e. The number of alkyl carbamates (subject to hydrolysis) is 1. The molecule has 0 spiro atoms. The molecular formula is C26H39N3O4. The van der Waals surface area contributed by atoms with Crippen molar-refractivity contribution in [2.45, 2.75) is 65.7 Å². The Morgan fingerprint density at radius 1 is 1.24 bits per heavy atom. The molecule has 1 heterocycles. The summed E-state index contributed by atoms with van der Waals surface area (Å²) in [5, 5.41) is 4.92. The van der Waals surface area contributed by atoms with E-state index in [4.69, 9.17) is 14.2 Å². The molecule has 182 valence electrons. The number of carbonyl (C=O) groups excluding carboxylic acids is 1. The molecule has 33 heavy (non-hydrogen) atoms. The molecule has 3 atom stereocenters. The van der Waals surface area contributed by atoms with Gasteiger partial charge in [-0.05, 0) is 63.3 Å². The van der Waals surface area contributed by atoms with Gasteiger partial charge in [0.1, 0.15) is 17.5 Å². The van der Waals surface area contributed by atoms with Crippen LogP contribution in [0.1, 0.15) is 48.0 Å². The van der Waals surface area contributed by atoms with Crippen molar-refractivity contribution in [3.05, 3.63) is 42.7 Å². The minimum atomic E-state index is -0.560. The van der Waals surface area contributed by atoms with Crippen LogP contribution in [0.2, 0.25) is 0 Å². The van der Waals surface area contributed by atoms with E-state index in [-0.39, 0.29) is 18.1 Å². The molecule has 0 fully saturated rings. The Bertz CT molecular complexity index is 954. The Balaban J connectivity index is 2.08. The molecule has 0 radical (unpaired) electrons. The average Bonchev–Trinajstić information content (AvgIpc) is 2.74. The smallest absolute Gasteiger partial charge is 0.408 e. The summed E-state index contributed by atoms with van der Waals surface area (Å²) in [7, 11) is 3.60. The summed E-state index contributed by atoms with van der Waals surface area (Å²) in [6, 6.07) is 7.50. The van der Waals surface area contributed by atoms with Crippen molar-refractivity contribution in [1.82, 2.24) is 15.2 Å². The zero-order valence-corrected chi connectivity index (χ0v) is 21.3. The fourth-order valence-corrected chi connectivity index (χ4v) is 3.54. The lowest BCUT2D eigenvalue weighted by Gasteiger charge is -2.34. The highest BCUT2D eigenvalue weighted by Gasteiger charge is 2.27. The molecule has 2 aromatic rings. The molecule has 0 saturated heterocycles. The van der Waals surface area contributed by atoms with Crippen molar-refractivity contribution >= 4 is 16.9 Å². The number of ether oxygens (including phenoxy) is 3. The van der Waals surface area contributed by atoms with Crippen molar-refractivity contribution in [3.63, 3.8) is 0 Å². The summed E-state index contributed by atoms with van der Waals surface area (Å²) in [6.07, 6.45) is 2.02. The van der Waals surface area contributed by atoms with Crippen molar-refractivity contribution in [2.24, 2.45) is 5.92 Å². The minimum absolute atomic E-state index is 0.161. The third-order valence-electron chi connectivity index (χ3n) is 5.51. The number of hydrogen-bond acceptors (Lipinski definition) is 6. The van der Waals surface area contributed by atoms with E-state index in [9.17, 15) is 4.79 Å². The van der Waals surface area contributed by atoms with Gasteiger partial charge in [-0.15, -0.1) is 0 Å². The molecule has 7 nitrogen and oxygen atoms in total. The van der Waals surface area contributed by atoms with E-state index in [0.717, 1.165) is 28.6 Å². The maximum absolute atomic E-state index is 12.4. The Morgan fingerprint density at radius 2 is 1.94 bits per heavy atom. The number of nitrogens with one attached hydrogen (secondary N) is 1. The number of likely N-dealkylation sites (N-methyl/N-ethyl adjacent to an activating group) is 1. The molecule has 3 unspecified atom stereocenters. The molecule has 2 rings (SSSR count). The SMILES string of the molecule is C=C(C(NC(=O)OC(C)(C)C)C(C)CC)N(C)CC(C)Oc1nccc2cc(OC)ccc12. The third kappa shape index (κ3) is 7.55. The molecule has 1 amide bonds. The van der Waals surface area contributed by atoms with Gasteiger partial charge in [-0.2, -0.15) is 0 Å². The molecule has 1 N–H and O–H groups in total. The second-order valence-electron chi connectivity index (χ2n) is 9.51. The van der Waals surface area contributed by atoms with E-state index >= 15 is 0 Å². The summed E-state index contributed by atoms with van der Waals surface area (Å²) in [4.78, 5) is 18.9. The lowest BCUT2D eigenvalue weighted by atomic mass is 9.96. The zero-order chi connectivity index (χ0) is 24.8. The fourth-order valence-electron chi connectivity index (χ4n) is 3.54. The Morgan fingerprint density at radius 3 is 2.55 bits per heavy atom. The van der Waals surface area contributed by atoms with E-state index in [0.29, 0.717) is 12.4 Å². The third-order valence-corrected chi connectivity index (χ3v) is 5.51. The Kier molecular flexibility index (Phi) is 8.97. The van der Waals surface area contributed by atoms with Crippen molar-refractivity contribution in [1.29, 1.82) is 0 Å². The molecule has 0 aliphatic rings. The summed E-state index contributed by atoms with van der Waals surface area (Å²) < 4.78 is 17.0. The molecular weight excluding hydrogens is 418 g/mol. The molecule has 0 aliphatic carbocycles. The van der Waals surface area contributed by atoms with Gasteiger partial charge in [0.25, 0.3) is 0 Å². The topological polar surface area (TPSA) is 72.9 Å². The first-order valence-corrected chi connectivity index (χ1v) is 11.4. The molecule has 1 aromatic carbocycles. The van der Waals surface area contributed by atoms with Crippen LogP contribution in [0.4, 0.5) is 4.79 Å². The number of benzene rings is 1. The average molecular weight is 458 g/mol. The number of amides is 1. The number of rotatable bonds is 10. The number of hydrogen-bond donors (Lipinski definition) is 1. The first-order chi connectivity index (χ1) is 15.4. The maximum atomic E-state index is 12.4. The van der Waals surface area contributed by atoms with Crippen molar-refractivity contribution < 1.29 is 19.0 Å². The summed E-state index contributed by atoms with van der Waals surface area (Å²) >= 11 is 0. The van der Waals surface area contributed by atoms with Crippen LogP contribution in [0.15, 0.2) is 42.7 Å². The number of nitrogens with zero attached hydrogens (tertiary/aromatic N) is 2. The number of carbonyl (C=O) groups is 1. The van der Waals surface area contributed by atoms with Gasteiger partial charge in [-0.1, -0.05) is 26.8 Å². The first kappa shape index (κ1) is 26.3. The number of fused-ring (bicyclic) bond motifs is 1. The normalized spacial score (nSPS) is 14.2. The van der Waals surface area contributed by atoms with E-state index in [2.05, 4.69) is 30.7 Å². The zero-order valence-electron chi connectivity index (χ0n) is 21.3. The lowest BCUT2D eigenvalue weighted by molar-refractivity contribution is 0.0488. The molecule has 1 aromatic heterocycles. The van der Waals surface area contributed by atoms with Gasteiger partial charge in [0, 0.05) is 24.3 Å². The van der Waals surface area contributed by atoms with Crippen LogP contribution in [-0.4, -0.2) is 54.4 Å².